The van der Waals surface area contributed by atoms with Crippen molar-refractivity contribution in [1.29, 1.82) is 5.26 Å². The standard InChI is InChI=1S/C16H19NO4/c1-21-15(18)8-3-2-7-14(16(19)20)10-12-5-4-6-13(9-12)11-17/h4-6,9,14H,2-3,7-8,10H2,1H3,(H,19,20). The molecule has 1 rings (SSSR count). The zero-order chi connectivity index (χ0) is 15.7. The van der Waals surface area contributed by atoms with Gasteiger partial charge in [0.2, 0.25) is 0 Å². The van der Waals surface area contributed by atoms with Crippen LogP contribution in [0.3, 0.4) is 0 Å². The third kappa shape index (κ3) is 6.09. The second-order valence-corrected chi connectivity index (χ2v) is 4.87. The van der Waals surface area contributed by atoms with Gasteiger partial charge in [-0.25, -0.2) is 0 Å². The molecule has 0 heterocycles. The Morgan fingerprint density at radius 1 is 1.38 bits per heavy atom. The molecule has 1 aromatic carbocycles. The third-order valence-corrected chi connectivity index (χ3v) is 3.30. The number of benzene rings is 1. The number of carbonyl (C=O) groups excluding carboxylic acids is 1. The van der Waals surface area contributed by atoms with Crippen LogP contribution in [0.2, 0.25) is 0 Å². The quantitative estimate of drug-likeness (QED) is 0.587. The van der Waals surface area contributed by atoms with E-state index in [-0.39, 0.29) is 5.97 Å². The fraction of sp³-hybridized carbons (Fsp3) is 0.438. The van der Waals surface area contributed by atoms with Crippen molar-refractivity contribution in [3.8, 4) is 6.07 Å². The van der Waals surface area contributed by atoms with Crippen LogP contribution in [0.5, 0.6) is 0 Å². The molecule has 1 unspecified atom stereocenters. The van der Waals surface area contributed by atoms with Crippen LogP contribution in [0, 0.1) is 17.2 Å². The Labute approximate surface area is 124 Å². The van der Waals surface area contributed by atoms with Gasteiger partial charge in [-0.2, -0.15) is 5.26 Å². The molecule has 5 heteroatoms. The van der Waals surface area contributed by atoms with E-state index in [1.54, 1.807) is 18.2 Å². The Morgan fingerprint density at radius 3 is 2.76 bits per heavy atom. The second kappa shape index (κ2) is 8.75. The number of nitrogens with zero attached hydrogens (tertiary/aromatic N) is 1. The normalized spacial score (nSPS) is 11.4. The van der Waals surface area contributed by atoms with Crippen LogP contribution in [-0.2, 0) is 20.7 Å². The molecule has 0 fully saturated rings. The van der Waals surface area contributed by atoms with E-state index < -0.39 is 11.9 Å². The molecule has 0 radical (unpaired) electrons. The molecule has 1 atom stereocenters. The lowest BCUT2D eigenvalue weighted by molar-refractivity contribution is -0.142. The molecule has 21 heavy (non-hydrogen) atoms. The Hall–Kier alpha value is -2.35. The fourth-order valence-corrected chi connectivity index (χ4v) is 2.13. The van der Waals surface area contributed by atoms with E-state index in [1.807, 2.05) is 12.1 Å². The molecule has 0 spiro atoms. The third-order valence-electron chi connectivity index (χ3n) is 3.30. The molecular formula is C16H19NO4. The lowest BCUT2D eigenvalue weighted by Gasteiger charge is -2.12. The molecule has 1 aromatic rings. The summed E-state index contributed by atoms with van der Waals surface area (Å²) >= 11 is 0. The van der Waals surface area contributed by atoms with Crippen LogP contribution >= 0.6 is 0 Å². The number of hydrogen-bond donors (Lipinski definition) is 1. The van der Waals surface area contributed by atoms with Gasteiger partial charge in [0.05, 0.1) is 24.7 Å². The molecular weight excluding hydrogens is 270 g/mol. The van der Waals surface area contributed by atoms with Crippen molar-refractivity contribution >= 4 is 11.9 Å². The summed E-state index contributed by atoms with van der Waals surface area (Å²) in [5.74, 6) is -1.63. The fourth-order valence-electron chi connectivity index (χ4n) is 2.13. The predicted octanol–water partition coefficient (Wildman–Crippen LogP) is 2.53. The van der Waals surface area contributed by atoms with Gasteiger partial charge in [0.1, 0.15) is 0 Å². The summed E-state index contributed by atoms with van der Waals surface area (Å²) in [6.07, 6.45) is 2.48. The highest BCUT2D eigenvalue weighted by atomic mass is 16.5. The van der Waals surface area contributed by atoms with Crippen molar-refractivity contribution in [2.45, 2.75) is 32.1 Å². The number of unbranched alkanes of at least 4 members (excludes halogenated alkanes) is 1. The first-order valence-corrected chi connectivity index (χ1v) is 6.85. The van der Waals surface area contributed by atoms with Crippen LogP contribution in [0.15, 0.2) is 24.3 Å². The van der Waals surface area contributed by atoms with Gasteiger partial charge in [-0.15, -0.1) is 0 Å². The van der Waals surface area contributed by atoms with Gasteiger partial charge in [0.15, 0.2) is 0 Å². The molecule has 0 saturated carbocycles. The number of rotatable bonds is 8. The first-order valence-electron chi connectivity index (χ1n) is 6.85. The molecule has 0 aromatic heterocycles. The van der Waals surface area contributed by atoms with Crippen LogP contribution < -0.4 is 0 Å². The number of hydrogen-bond acceptors (Lipinski definition) is 4. The Morgan fingerprint density at radius 2 is 2.14 bits per heavy atom. The number of carbonyl (C=O) groups is 2. The average molecular weight is 289 g/mol. The Kier molecular flexibility index (Phi) is 6.96. The Bertz CT molecular complexity index is 533. The van der Waals surface area contributed by atoms with Gasteiger partial charge in [-0.1, -0.05) is 18.6 Å². The monoisotopic (exact) mass is 289 g/mol. The second-order valence-electron chi connectivity index (χ2n) is 4.87. The summed E-state index contributed by atoms with van der Waals surface area (Å²) in [7, 11) is 1.34. The zero-order valence-electron chi connectivity index (χ0n) is 12.0. The van der Waals surface area contributed by atoms with Crippen molar-refractivity contribution in [1.82, 2.24) is 0 Å². The number of carboxylic acid groups (broad SMARTS) is 1. The maximum Gasteiger partial charge on any atom is 0.306 e. The van der Waals surface area contributed by atoms with Gasteiger partial charge in [-0.3, -0.25) is 9.59 Å². The molecule has 5 nitrogen and oxygen atoms in total. The predicted molar refractivity (Wildman–Crippen MR) is 76.5 cm³/mol. The van der Waals surface area contributed by atoms with Crippen LogP contribution in [0.1, 0.15) is 36.8 Å². The summed E-state index contributed by atoms with van der Waals surface area (Å²) < 4.78 is 4.54. The van der Waals surface area contributed by atoms with Gasteiger partial charge < -0.3 is 9.84 Å². The maximum atomic E-state index is 11.3. The lowest BCUT2D eigenvalue weighted by Crippen LogP contribution is -2.16. The van der Waals surface area contributed by atoms with Crippen LogP contribution in [0.4, 0.5) is 0 Å². The molecule has 0 saturated heterocycles. The largest absolute Gasteiger partial charge is 0.481 e. The minimum Gasteiger partial charge on any atom is -0.481 e. The van der Waals surface area contributed by atoms with E-state index in [0.717, 1.165) is 5.56 Å². The van der Waals surface area contributed by atoms with E-state index in [2.05, 4.69) is 4.74 Å². The topological polar surface area (TPSA) is 87.4 Å². The molecule has 0 bridgehead atoms. The summed E-state index contributed by atoms with van der Waals surface area (Å²) in [6, 6.07) is 9.02. The highest BCUT2D eigenvalue weighted by Gasteiger charge is 2.18. The number of esters is 1. The summed E-state index contributed by atoms with van der Waals surface area (Å²) in [5, 5.41) is 18.1. The highest BCUT2D eigenvalue weighted by molar-refractivity contribution is 5.70. The van der Waals surface area contributed by atoms with Gasteiger partial charge in [0.25, 0.3) is 0 Å². The van der Waals surface area contributed by atoms with Crippen molar-refractivity contribution in [3.05, 3.63) is 35.4 Å². The number of carboxylic acids is 1. The number of methoxy groups -OCH3 is 1. The number of ether oxygens (including phenoxy) is 1. The smallest absolute Gasteiger partial charge is 0.306 e. The molecule has 0 amide bonds. The maximum absolute atomic E-state index is 11.3. The molecule has 0 aliphatic carbocycles. The van der Waals surface area contributed by atoms with Crippen LogP contribution in [0.25, 0.3) is 0 Å². The molecule has 1 N–H and O–H groups in total. The molecule has 0 aliphatic rings. The van der Waals surface area contributed by atoms with E-state index in [9.17, 15) is 14.7 Å². The van der Waals surface area contributed by atoms with E-state index >= 15 is 0 Å². The van der Waals surface area contributed by atoms with Crippen LogP contribution in [-0.4, -0.2) is 24.2 Å². The van der Waals surface area contributed by atoms with E-state index in [4.69, 9.17) is 5.26 Å². The summed E-state index contributed by atoms with van der Waals surface area (Å²) in [4.78, 5) is 22.3. The van der Waals surface area contributed by atoms with Crippen molar-refractivity contribution in [2.24, 2.45) is 5.92 Å². The minimum atomic E-state index is -0.851. The van der Waals surface area contributed by atoms with Crippen molar-refractivity contribution in [2.75, 3.05) is 7.11 Å². The average Bonchev–Trinajstić information content (AvgIpc) is 2.49. The number of aliphatic carboxylic acids is 1. The van der Waals surface area contributed by atoms with E-state index in [0.29, 0.717) is 37.7 Å². The van der Waals surface area contributed by atoms with Crippen molar-refractivity contribution < 1.29 is 19.4 Å². The summed E-state index contributed by atoms with van der Waals surface area (Å²) in [5.41, 5.74) is 1.37. The van der Waals surface area contributed by atoms with Gasteiger partial charge >= 0.3 is 11.9 Å². The van der Waals surface area contributed by atoms with Gasteiger partial charge in [0, 0.05) is 6.42 Å². The molecule has 112 valence electrons. The highest BCUT2D eigenvalue weighted by Crippen LogP contribution is 2.17. The first-order chi connectivity index (χ1) is 10.1. The Balaban J connectivity index is 2.52. The first kappa shape index (κ1) is 16.7. The van der Waals surface area contributed by atoms with E-state index in [1.165, 1.54) is 7.11 Å². The minimum absolute atomic E-state index is 0.274. The lowest BCUT2D eigenvalue weighted by atomic mass is 9.93. The zero-order valence-corrected chi connectivity index (χ0v) is 12.0. The molecule has 0 aliphatic heterocycles. The van der Waals surface area contributed by atoms with Gasteiger partial charge in [-0.05, 0) is 37.0 Å². The number of nitriles is 1. The SMILES string of the molecule is COC(=O)CCCCC(Cc1cccc(C#N)c1)C(=O)O. The van der Waals surface area contributed by atoms with Crippen molar-refractivity contribution in [3.63, 3.8) is 0 Å². The summed E-state index contributed by atoms with van der Waals surface area (Å²) in [6.45, 7) is 0.